The van der Waals surface area contributed by atoms with E-state index < -0.39 is 0 Å². The van der Waals surface area contributed by atoms with Crippen molar-refractivity contribution in [1.29, 1.82) is 0 Å². The maximum Gasteiger partial charge on any atom is 0.119 e. The summed E-state index contributed by atoms with van der Waals surface area (Å²) in [5.74, 6) is 0.928. The first-order chi connectivity index (χ1) is 9.83. The van der Waals surface area contributed by atoms with Gasteiger partial charge in [0.1, 0.15) is 5.75 Å². The van der Waals surface area contributed by atoms with Crippen molar-refractivity contribution in [2.24, 2.45) is 5.73 Å². The Morgan fingerprint density at radius 1 is 1.15 bits per heavy atom. The highest BCUT2D eigenvalue weighted by atomic mass is 16.5. The minimum absolute atomic E-state index is 0.579. The molecule has 1 saturated carbocycles. The molecule has 0 heterocycles. The molecule has 0 bridgehead atoms. The molecule has 0 aliphatic heterocycles. The summed E-state index contributed by atoms with van der Waals surface area (Å²) in [5, 5.41) is 0. The predicted molar refractivity (Wildman–Crippen MR) is 80.9 cm³/mol. The zero-order chi connectivity index (χ0) is 14.2. The van der Waals surface area contributed by atoms with Crippen molar-refractivity contribution in [2.45, 2.75) is 31.8 Å². The summed E-state index contributed by atoms with van der Waals surface area (Å²) in [6.45, 7) is 4.29. The van der Waals surface area contributed by atoms with Gasteiger partial charge in [-0.3, -0.25) is 4.90 Å². The van der Waals surface area contributed by atoms with E-state index in [0.29, 0.717) is 6.54 Å². The molecule has 0 atom stereocenters. The normalized spacial score (nSPS) is 14.8. The van der Waals surface area contributed by atoms with Crippen molar-refractivity contribution >= 4 is 0 Å². The van der Waals surface area contributed by atoms with Gasteiger partial charge in [0.2, 0.25) is 0 Å². The van der Waals surface area contributed by atoms with Crippen molar-refractivity contribution in [3.8, 4) is 5.75 Å². The van der Waals surface area contributed by atoms with Gasteiger partial charge in [-0.05, 0) is 37.0 Å². The number of benzene rings is 1. The molecule has 0 spiro atoms. The Labute approximate surface area is 121 Å². The van der Waals surface area contributed by atoms with Gasteiger partial charge in [-0.1, -0.05) is 12.1 Å². The number of hydrogen-bond donors (Lipinski definition) is 1. The summed E-state index contributed by atoms with van der Waals surface area (Å²) >= 11 is 0. The lowest BCUT2D eigenvalue weighted by molar-refractivity contribution is 0.138. The van der Waals surface area contributed by atoms with E-state index in [9.17, 15) is 0 Å². The van der Waals surface area contributed by atoms with Crippen LogP contribution in [-0.4, -0.2) is 44.4 Å². The molecule has 0 aromatic heterocycles. The molecule has 1 aliphatic carbocycles. The molecule has 1 aliphatic rings. The van der Waals surface area contributed by atoms with Crippen LogP contribution in [0.3, 0.4) is 0 Å². The first kappa shape index (κ1) is 15.3. The zero-order valence-corrected chi connectivity index (χ0v) is 12.4. The Hall–Kier alpha value is -1.10. The molecule has 0 amide bonds. The van der Waals surface area contributed by atoms with Crippen molar-refractivity contribution in [3.63, 3.8) is 0 Å². The van der Waals surface area contributed by atoms with E-state index in [1.165, 1.54) is 12.8 Å². The standard InChI is InChI=1S/C16H26N2O2/c1-19-12-10-18(15-5-6-15)9-2-11-20-16-7-3-14(13-17)4-8-16/h3-4,7-8,15H,2,5-6,9-13,17H2,1H3. The van der Waals surface area contributed by atoms with Crippen molar-refractivity contribution in [3.05, 3.63) is 29.8 Å². The first-order valence-electron chi connectivity index (χ1n) is 7.48. The van der Waals surface area contributed by atoms with Crippen LogP contribution >= 0.6 is 0 Å². The maximum absolute atomic E-state index is 5.76. The van der Waals surface area contributed by atoms with Gasteiger partial charge < -0.3 is 15.2 Å². The monoisotopic (exact) mass is 278 g/mol. The van der Waals surface area contributed by atoms with Crippen LogP contribution in [0.2, 0.25) is 0 Å². The van der Waals surface area contributed by atoms with Crippen LogP contribution in [-0.2, 0) is 11.3 Å². The van der Waals surface area contributed by atoms with Crippen LogP contribution in [0.15, 0.2) is 24.3 Å². The summed E-state index contributed by atoms with van der Waals surface area (Å²) < 4.78 is 10.9. The number of nitrogens with zero attached hydrogens (tertiary/aromatic N) is 1. The van der Waals surface area contributed by atoms with E-state index in [2.05, 4.69) is 4.90 Å². The second kappa shape index (κ2) is 8.25. The topological polar surface area (TPSA) is 47.7 Å². The first-order valence-corrected chi connectivity index (χ1v) is 7.48. The second-order valence-corrected chi connectivity index (χ2v) is 5.31. The van der Waals surface area contributed by atoms with Gasteiger partial charge in [0.25, 0.3) is 0 Å². The SMILES string of the molecule is COCCN(CCCOc1ccc(CN)cc1)C1CC1. The van der Waals surface area contributed by atoms with Crippen molar-refractivity contribution < 1.29 is 9.47 Å². The van der Waals surface area contributed by atoms with Gasteiger partial charge in [-0.2, -0.15) is 0 Å². The number of methoxy groups -OCH3 is 1. The lowest BCUT2D eigenvalue weighted by Crippen LogP contribution is -2.31. The lowest BCUT2D eigenvalue weighted by atomic mass is 10.2. The maximum atomic E-state index is 5.76. The van der Waals surface area contributed by atoms with Crippen molar-refractivity contribution in [1.82, 2.24) is 4.90 Å². The number of ether oxygens (including phenoxy) is 2. The minimum Gasteiger partial charge on any atom is -0.494 e. The molecule has 0 radical (unpaired) electrons. The largest absolute Gasteiger partial charge is 0.494 e. The molecule has 2 rings (SSSR count). The third-order valence-corrected chi connectivity index (χ3v) is 3.66. The quantitative estimate of drug-likeness (QED) is 0.665. The molecule has 0 unspecified atom stereocenters. The van der Waals surface area contributed by atoms with E-state index >= 15 is 0 Å². The average Bonchev–Trinajstić information content (AvgIpc) is 3.32. The van der Waals surface area contributed by atoms with Crippen LogP contribution in [0, 0.1) is 0 Å². The molecular formula is C16H26N2O2. The molecule has 1 aromatic carbocycles. The number of rotatable bonds is 10. The molecule has 20 heavy (non-hydrogen) atoms. The van der Waals surface area contributed by atoms with Gasteiger partial charge in [-0.25, -0.2) is 0 Å². The highest BCUT2D eigenvalue weighted by molar-refractivity contribution is 5.26. The highest BCUT2D eigenvalue weighted by Gasteiger charge is 2.27. The Morgan fingerprint density at radius 3 is 2.50 bits per heavy atom. The van der Waals surface area contributed by atoms with Crippen molar-refractivity contribution in [2.75, 3.05) is 33.4 Å². The Bertz CT molecular complexity index is 377. The molecule has 112 valence electrons. The fourth-order valence-corrected chi connectivity index (χ4v) is 2.30. The lowest BCUT2D eigenvalue weighted by Gasteiger charge is -2.21. The molecule has 2 N–H and O–H groups in total. The third kappa shape index (κ3) is 5.12. The minimum atomic E-state index is 0.579. The Morgan fingerprint density at radius 2 is 1.90 bits per heavy atom. The molecule has 4 heteroatoms. The Kier molecular flexibility index (Phi) is 6.30. The Balaban J connectivity index is 1.64. The fraction of sp³-hybridized carbons (Fsp3) is 0.625. The van der Waals surface area contributed by atoms with Crippen LogP contribution < -0.4 is 10.5 Å². The summed E-state index contributed by atoms with van der Waals surface area (Å²) in [6, 6.07) is 8.81. The number of hydrogen-bond acceptors (Lipinski definition) is 4. The number of nitrogens with two attached hydrogens (primary N) is 1. The predicted octanol–water partition coefficient (Wildman–Crippen LogP) is 2.02. The smallest absolute Gasteiger partial charge is 0.119 e. The van der Waals surface area contributed by atoms with Crippen LogP contribution in [0.4, 0.5) is 0 Å². The average molecular weight is 278 g/mol. The van der Waals surface area contributed by atoms with Gasteiger partial charge in [0.05, 0.1) is 13.2 Å². The summed E-state index contributed by atoms with van der Waals surface area (Å²) in [5.41, 5.74) is 6.71. The van der Waals surface area contributed by atoms with E-state index in [0.717, 1.165) is 50.1 Å². The second-order valence-electron chi connectivity index (χ2n) is 5.31. The van der Waals surface area contributed by atoms with Gasteiger partial charge in [0.15, 0.2) is 0 Å². The van der Waals surface area contributed by atoms with E-state index in [1.54, 1.807) is 7.11 Å². The third-order valence-electron chi connectivity index (χ3n) is 3.66. The van der Waals surface area contributed by atoms with E-state index in [1.807, 2.05) is 24.3 Å². The van der Waals surface area contributed by atoms with Gasteiger partial charge >= 0.3 is 0 Å². The molecule has 4 nitrogen and oxygen atoms in total. The van der Waals surface area contributed by atoms with E-state index in [4.69, 9.17) is 15.2 Å². The van der Waals surface area contributed by atoms with E-state index in [-0.39, 0.29) is 0 Å². The highest BCUT2D eigenvalue weighted by Crippen LogP contribution is 2.26. The summed E-state index contributed by atoms with van der Waals surface area (Å²) in [7, 11) is 1.76. The van der Waals surface area contributed by atoms with Crippen LogP contribution in [0.5, 0.6) is 5.75 Å². The van der Waals surface area contributed by atoms with Gasteiger partial charge in [-0.15, -0.1) is 0 Å². The molecular weight excluding hydrogens is 252 g/mol. The molecule has 1 aromatic rings. The fourth-order valence-electron chi connectivity index (χ4n) is 2.30. The molecule has 1 fully saturated rings. The van der Waals surface area contributed by atoms with Gasteiger partial charge in [0, 0.05) is 32.8 Å². The molecule has 0 saturated heterocycles. The zero-order valence-electron chi connectivity index (χ0n) is 12.4. The van der Waals surface area contributed by atoms with Crippen LogP contribution in [0.1, 0.15) is 24.8 Å². The summed E-state index contributed by atoms with van der Waals surface area (Å²) in [6.07, 6.45) is 3.73. The summed E-state index contributed by atoms with van der Waals surface area (Å²) in [4.78, 5) is 2.52. The van der Waals surface area contributed by atoms with Crippen LogP contribution in [0.25, 0.3) is 0 Å².